The van der Waals surface area contributed by atoms with Crippen LogP contribution in [0.25, 0.3) is 0 Å². The van der Waals surface area contributed by atoms with Crippen LogP contribution in [0.3, 0.4) is 0 Å². The van der Waals surface area contributed by atoms with Crippen molar-refractivity contribution in [3.63, 3.8) is 0 Å². The number of aromatic nitrogens is 1. The number of anilines is 2. The van der Waals surface area contributed by atoms with E-state index in [2.05, 4.69) is 10.3 Å². The Morgan fingerprint density at radius 2 is 1.35 bits per heavy atom. The first-order valence-electron chi connectivity index (χ1n) is 8.75. The van der Waals surface area contributed by atoms with Gasteiger partial charge >= 0.3 is 18.4 Å². The van der Waals surface area contributed by atoms with Crippen molar-refractivity contribution in [1.29, 1.82) is 0 Å². The lowest BCUT2D eigenvalue weighted by Gasteiger charge is -2.36. The predicted octanol–water partition coefficient (Wildman–Crippen LogP) is 5.78. The van der Waals surface area contributed by atoms with Gasteiger partial charge in [0.15, 0.2) is 0 Å². The number of carbonyl (C=O) groups excluding carboxylic acids is 1. The van der Waals surface area contributed by atoms with E-state index in [1.54, 1.807) is 0 Å². The van der Waals surface area contributed by atoms with Gasteiger partial charge in [0.2, 0.25) is 0 Å². The number of benzene rings is 1. The van der Waals surface area contributed by atoms with Crippen LogP contribution in [0.1, 0.15) is 11.1 Å². The largest absolute Gasteiger partial charge is 0.416 e. The van der Waals surface area contributed by atoms with E-state index >= 15 is 0 Å². The van der Waals surface area contributed by atoms with Crippen LogP contribution in [0.4, 0.5) is 42.5 Å². The van der Waals surface area contributed by atoms with Crippen molar-refractivity contribution in [3.05, 3.63) is 51.8 Å². The molecule has 0 radical (unpaired) electrons. The predicted molar refractivity (Wildman–Crippen MR) is 104 cm³/mol. The van der Waals surface area contributed by atoms with Gasteiger partial charge in [-0.15, -0.1) is 0 Å². The van der Waals surface area contributed by atoms with Crippen molar-refractivity contribution in [1.82, 2.24) is 9.88 Å². The second kappa shape index (κ2) is 8.62. The van der Waals surface area contributed by atoms with Gasteiger partial charge in [0.1, 0.15) is 0 Å². The first-order valence-corrected chi connectivity index (χ1v) is 9.51. The molecule has 1 aromatic carbocycles. The summed E-state index contributed by atoms with van der Waals surface area (Å²) >= 11 is 12.2. The van der Waals surface area contributed by atoms with E-state index in [4.69, 9.17) is 23.2 Å². The quantitative estimate of drug-likeness (QED) is 0.547. The molecule has 168 valence electrons. The molecule has 0 spiro atoms. The van der Waals surface area contributed by atoms with E-state index in [9.17, 15) is 31.1 Å². The van der Waals surface area contributed by atoms with E-state index in [0.717, 1.165) is 0 Å². The molecule has 0 saturated carbocycles. The number of hydrogen-bond acceptors (Lipinski definition) is 3. The highest BCUT2D eigenvalue weighted by molar-refractivity contribution is 6.38. The Morgan fingerprint density at radius 3 is 1.81 bits per heavy atom. The monoisotopic (exact) mass is 486 g/mol. The van der Waals surface area contributed by atoms with Crippen molar-refractivity contribution >= 4 is 40.6 Å². The summed E-state index contributed by atoms with van der Waals surface area (Å²) in [5.41, 5.74) is -3.09. The number of piperazine rings is 1. The van der Waals surface area contributed by atoms with Gasteiger partial charge in [-0.1, -0.05) is 23.2 Å². The molecule has 3 rings (SSSR count). The van der Waals surface area contributed by atoms with Gasteiger partial charge in [-0.3, -0.25) is 4.98 Å². The summed E-state index contributed by atoms with van der Waals surface area (Å²) in [5.74, 6) is 0. The summed E-state index contributed by atoms with van der Waals surface area (Å²) in [6.45, 7) is 0.887. The Bertz CT molecular complexity index is 922. The normalized spacial score (nSPS) is 15.2. The molecule has 1 saturated heterocycles. The second-order valence-electron chi connectivity index (χ2n) is 6.65. The fraction of sp³-hybridized carbons (Fsp3) is 0.333. The van der Waals surface area contributed by atoms with E-state index in [1.807, 2.05) is 4.90 Å². The van der Waals surface area contributed by atoms with Crippen molar-refractivity contribution in [2.45, 2.75) is 12.4 Å². The smallest absolute Gasteiger partial charge is 0.365 e. The van der Waals surface area contributed by atoms with Crippen molar-refractivity contribution in [2.24, 2.45) is 0 Å². The number of nitrogens with zero attached hydrogens (tertiary/aromatic N) is 3. The molecule has 2 amide bonds. The number of halogens is 8. The third-order valence-corrected chi connectivity index (χ3v) is 5.10. The first-order chi connectivity index (χ1) is 14.4. The molecule has 13 heteroatoms. The van der Waals surface area contributed by atoms with Gasteiger partial charge in [0.25, 0.3) is 0 Å². The van der Waals surface area contributed by atoms with Gasteiger partial charge in [-0.05, 0) is 18.2 Å². The number of alkyl halides is 6. The number of rotatable bonds is 2. The molecular weight excluding hydrogens is 473 g/mol. The van der Waals surface area contributed by atoms with Crippen LogP contribution in [0, 0.1) is 0 Å². The van der Waals surface area contributed by atoms with Crippen LogP contribution in [0.2, 0.25) is 10.0 Å². The summed E-state index contributed by atoms with van der Waals surface area (Å²) in [4.78, 5) is 19.4. The van der Waals surface area contributed by atoms with Crippen LogP contribution < -0.4 is 10.2 Å². The van der Waals surface area contributed by atoms with E-state index in [0.29, 0.717) is 41.0 Å². The second-order valence-corrected chi connectivity index (χ2v) is 7.46. The van der Waals surface area contributed by atoms with Gasteiger partial charge in [0.05, 0.1) is 26.9 Å². The average molecular weight is 487 g/mol. The Morgan fingerprint density at radius 1 is 0.871 bits per heavy atom. The Balaban J connectivity index is 1.73. The van der Waals surface area contributed by atoms with Gasteiger partial charge in [0, 0.05) is 44.3 Å². The zero-order valence-electron chi connectivity index (χ0n) is 15.5. The highest BCUT2D eigenvalue weighted by atomic mass is 35.5. The van der Waals surface area contributed by atoms with Gasteiger partial charge in [-0.2, -0.15) is 26.3 Å². The zero-order chi connectivity index (χ0) is 23.0. The van der Waals surface area contributed by atoms with Crippen LogP contribution in [0.15, 0.2) is 30.6 Å². The molecule has 1 aliphatic heterocycles. The molecule has 1 aromatic heterocycles. The summed E-state index contributed by atoms with van der Waals surface area (Å²) in [7, 11) is 0. The number of amides is 2. The molecule has 5 nitrogen and oxygen atoms in total. The number of urea groups is 1. The standard InChI is InChI=1S/C18H14Cl2F6N4O/c19-13-8-27-9-14(20)15(13)29-1-3-30(4-2-29)16(31)28-12-6-10(17(21,22)23)5-11(7-12)18(24,25)26/h5-9H,1-4H2,(H,28,31). The number of carbonyl (C=O) groups is 1. The van der Waals surface area contributed by atoms with Crippen LogP contribution in [0.5, 0.6) is 0 Å². The molecule has 0 atom stereocenters. The zero-order valence-corrected chi connectivity index (χ0v) is 17.0. The van der Waals surface area contributed by atoms with Gasteiger partial charge in [-0.25, -0.2) is 4.79 Å². The highest BCUT2D eigenvalue weighted by Gasteiger charge is 2.37. The van der Waals surface area contributed by atoms with Crippen LogP contribution >= 0.6 is 23.2 Å². The molecule has 0 bridgehead atoms. The molecular formula is C18H14Cl2F6N4O. The van der Waals surface area contributed by atoms with E-state index in [-0.39, 0.29) is 19.2 Å². The number of nitrogens with one attached hydrogen (secondary N) is 1. The minimum atomic E-state index is -5.00. The summed E-state index contributed by atoms with van der Waals surface area (Å²) in [5, 5.41) is 2.75. The molecule has 1 N–H and O–H groups in total. The van der Waals surface area contributed by atoms with E-state index in [1.165, 1.54) is 17.3 Å². The molecule has 0 unspecified atom stereocenters. The minimum Gasteiger partial charge on any atom is -0.365 e. The maximum atomic E-state index is 13.0. The fourth-order valence-electron chi connectivity index (χ4n) is 3.07. The first kappa shape index (κ1) is 23.3. The van der Waals surface area contributed by atoms with E-state index < -0.39 is 35.2 Å². The summed E-state index contributed by atoms with van der Waals surface area (Å²) in [6, 6.07) is 0.0928. The molecule has 2 heterocycles. The lowest BCUT2D eigenvalue weighted by Crippen LogP contribution is -2.50. The molecule has 1 fully saturated rings. The topological polar surface area (TPSA) is 48.5 Å². The van der Waals surface area contributed by atoms with Crippen molar-refractivity contribution < 1.29 is 31.1 Å². The van der Waals surface area contributed by atoms with Crippen molar-refractivity contribution in [2.75, 3.05) is 36.4 Å². The Labute approximate surface area is 182 Å². The SMILES string of the molecule is O=C(Nc1cc(C(F)(F)F)cc(C(F)(F)F)c1)N1CCN(c2c(Cl)cncc2Cl)CC1. The van der Waals surface area contributed by atoms with Gasteiger partial charge < -0.3 is 15.1 Å². The maximum Gasteiger partial charge on any atom is 0.416 e. The maximum absolute atomic E-state index is 13.0. The lowest BCUT2D eigenvalue weighted by molar-refractivity contribution is -0.143. The summed E-state index contributed by atoms with van der Waals surface area (Å²) < 4.78 is 77.9. The fourth-order valence-corrected chi connectivity index (χ4v) is 3.67. The third kappa shape index (κ3) is 5.45. The molecule has 2 aromatic rings. The Hall–Kier alpha value is -2.40. The summed E-state index contributed by atoms with van der Waals surface area (Å²) in [6.07, 6.45) is -7.19. The van der Waals surface area contributed by atoms with Crippen LogP contribution in [-0.2, 0) is 12.4 Å². The van der Waals surface area contributed by atoms with Crippen LogP contribution in [-0.4, -0.2) is 42.1 Å². The highest BCUT2D eigenvalue weighted by Crippen LogP contribution is 2.38. The molecule has 0 aliphatic carbocycles. The number of hydrogen-bond donors (Lipinski definition) is 1. The van der Waals surface area contributed by atoms with Crippen molar-refractivity contribution in [3.8, 4) is 0 Å². The minimum absolute atomic E-state index is 0.00335. The number of pyridine rings is 1. The third-order valence-electron chi connectivity index (χ3n) is 4.55. The average Bonchev–Trinajstić information content (AvgIpc) is 2.67. The molecule has 1 aliphatic rings. The molecule has 31 heavy (non-hydrogen) atoms. The Kier molecular flexibility index (Phi) is 6.47. The lowest BCUT2D eigenvalue weighted by atomic mass is 10.1.